The van der Waals surface area contributed by atoms with E-state index in [0.29, 0.717) is 0 Å². The molecule has 0 spiro atoms. The third-order valence-corrected chi connectivity index (χ3v) is 5.73. The van der Waals surface area contributed by atoms with Gasteiger partial charge in [-0.25, -0.2) is 4.98 Å². The van der Waals surface area contributed by atoms with Gasteiger partial charge in [0.2, 0.25) is 0 Å². The Morgan fingerprint density at radius 3 is 2.83 bits per heavy atom. The summed E-state index contributed by atoms with van der Waals surface area (Å²) >= 11 is 3.80. The number of rotatable bonds is 7. The maximum absolute atomic E-state index is 4.82. The van der Waals surface area contributed by atoms with Gasteiger partial charge in [-0.3, -0.25) is 4.99 Å². The number of nitrogens with one attached hydrogen (secondary N) is 1. The molecule has 1 aliphatic carbocycles. The van der Waals surface area contributed by atoms with E-state index in [9.17, 15) is 0 Å². The van der Waals surface area contributed by atoms with E-state index in [1.165, 1.54) is 53.4 Å². The topological polar surface area (TPSA) is 40.5 Å². The fraction of sp³-hybridized carbons (Fsp3) is 0.750. The molecule has 0 radical (unpaired) electrons. The van der Waals surface area contributed by atoms with Crippen LogP contribution in [0, 0.1) is 0 Å². The molecule has 1 heterocycles. The number of unbranched alkanes of at least 4 members (excludes halogenated alkanes) is 1. The predicted molar refractivity (Wildman–Crippen MR) is 115 cm³/mol. The van der Waals surface area contributed by atoms with Crippen LogP contribution in [0.15, 0.2) is 4.99 Å². The van der Waals surface area contributed by atoms with Gasteiger partial charge < -0.3 is 10.2 Å². The third-order valence-electron chi connectivity index (χ3n) is 3.89. The van der Waals surface area contributed by atoms with E-state index >= 15 is 0 Å². The van der Waals surface area contributed by atoms with Gasteiger partial charge in [-0.15, -0.1) is 35.3 Å². The lowest BCUT2D eigenvalue weighted by Gasteiger charge is -2.21. The largest absolute Gasteiger partial charge is 0.356 e. The first-order chi connectivity index (χ1) is 10.7. The van der Waals surface area contributed by atoms with E-state index in [0.717, 1.165) is 25.5 Å². The number of thiazole rings is 1. The van der Waals surface area contributed by atoms with Crippen LogP contribution in [-0.2, 0) is 19.4 Å². The lowest BCUT2D eigenvalue weighted by Crippen LogP contribution is -2.38. The van der Waals surface area contributed by atoms with Gasteiger partial charge in [-0.05, 0) is 50.5 Å². The first kappa shape index (κ1) is 21.0. The number of hydrogen-bond donors (Lipinski definition) is 1. The zero-order valence-corrected chi connectivity index (χ0v) is 18.4. The molecule has 1 aromatic heterocycles. The minimum atomic E-state index is 0. The average molecular weight is 468 g/mol. The van der Waals surface area contributed by atoms with Gasteiger partial charge in [0.25, 0.3) is 0 Å². The maximum Gasteiger partial charge on any atom is 0.193 e. The normalized spacial score (nSPS) is 14.1. The van der Waals surface area contributed by atoms with Gasteiger partial charge in [-0.1, -0.05) is 0 Å². The number of aromatic nitrogens is 1. The second-order valence-electron chi connectivity index (χ2n) is 5.71. The molecule has 0 saturated carbocycles. The summed E-state index contributed by atoms with van der Waals surface area (Å²) in [5.41, 5.74) is 1.35. The molecular weight excluding hydrogens is 439 g/mol. The van der Waals surface area contributed by atoms with E-state index in [1.54, 1.807) is 0 Å². The highest BCUT2D eigenvalue weighted by atomic mass is 127. The Labute approximate surface area is 166 Å². The van der Waals surface area contributed by atoms with Crippen LogP contribution in [0.25, 0.3) is 0 Å². The summed E-state index contributed by atoms with van der Waals surface area (Å²) in [5.74, 6) is 2.21. The van der Waals surface area contributed by atoms with Crippen LogP contribution in [-0.4, -0.2) is 48.5 Å². The molecule has 1 aromatic rings. The summed E-state index contributed by atoms with van der Waals surface area (Å²) < 4.78 is 0. The van der Waals surface area contributed by atoms with Gasteiger partial charge in [-0.2, -0.15) is 11.8 Å². The van der Waals surface area contributed by atoms with Crippen LogP contribution in [0.4, 0.5) is 0 Å². The second kappa shape index (κ2) is 11.5. The van der Waals surface area contributed by atoms with Crippen molar-refractivity contribution in [1.82, 2.24) is 15.2 Å². The van der Waals surface area contributed by atoms with Gasteiger partial charge in [0.05, 0.1) is 12.2 Å². The fourth-order valence-electron chi connectivity index (χ4n) is 2.71. The number of hydrogen-bond acceptors (Lipinski definition) is 4. The SMILES string of the molecule is CN=C(NCCCCSC)N(C)Cc1nc2c(s1)CCCC2.I. The van der Waals surface area contributed by atoms with Gasteiger partial charge in [0.15, 0.2) is 5.96 Å². The molecule has 1 aliphatic rings. The van der Waals surface area contributed by atoms with E-state index < -0.39 is 0 Å². The third kappa shape index (κ3) is 6.78. The molecule has 0 fully saturated rings. The summed E-state index contributed by atoms with van der Waals surface area (Å²) in [6.45, 7) is 1.84. The maximum atomic E-state index is 4.82. The summed E-state index contributed by atoms with van der Waals surface area (Å²) in [6, 6.07) is 0. The molecule has 7 heteroatoms. The van der Waals surface area contributed by atoms with E-state index in [2.05, 4.69) is 28.5 Å². The Morgan fingerprint density at radius 1 is 1.35 bits per heavy atom. The molecular formula is C16H29IN4S2. The Kier molecular flexibility index (Phi) is 10.5. The van der Waals surface area contributed by atoms with Gasteiger partial charge in [0.1, 0.15) is 5.01 Å². The van der Waals surface area contributed by atoms with Crippen molar-refractivity contribution >= 4 is 53.0 Å². The number of nitrogens with zero attached hydrogens (tertiary/aromatic N) is 3. The van der Waals surface area contributed by atoms with Gasteiger partial charge in [0, 0.05) is 25.5 Å². The zero-order valence-electron chi connectivity index (χ0n) is 14.4. The van der Waals surface area contributed by atoms with E-state index in [4.69, 9.17) is 4.98 Å². The Balaban J connectivity index is 0.00000264. The van der Waals surface area contributed by atoms with Crippen LogP contribution in [0.3, 0.4) is 0 Å². The Morgan fingerprint density at radius 2 is 2.13 bits per heavy atom. The van der Waals surface area contributed by atoms with Crippen molar-refractivity contribution in [1.29, 1.82) is 0 Å². The molecule has 0 aromatic carbocycles. The number of halogens is 1. The van der Waals surface area contributed by atoms with Crippen LogP contribution < -0.4 is 5.32 Å². The Bertz CT molecular complexity index is 467. The highest BCUT2D eigenvalue weighted by Gasteiger charge is 2.16. The number of thioether (sulfide) groups is 1. The summed E-state index contributed by atoms with van der Waals surface area (Å²) in [5, 5.41) is 4.68. The van der Waals surface area contributed by atoms with Gasteiger partial charge >= 0.3 is 0 Å². The zero-order chi connectivity index (χ0) is 15.8. The summed E-state index contributed by atoms with van der Waals surface area (Å²) in [4.78, 5) is 12.9. The molecule has 1 N–H and O–H groups in total. The van der Waals surface area contributed by atoms with Crippen molar-refractivity contribution in [2.45, 2.75) is 45.1 Å². The molecule has 0 saturated heterocycles. The van der Waals surface area contributed by atoms with Crippen molar-refractivity contribution in [3.8, 4) is 0 Å². The first-order valence-electron chi connectivity index (χ1n) is 8.12. The smallest absolute Gasteiger partial charge is 0.193 e. The van der Waals surface area contributed by atoms with Crippen LogP contribution in [0.2, 0.25) is 0 Å². The quantitative estimate of drug-likeness (QED) is 0.286. The Hall–Kier alpha value is -0.0200. The van der Waals surface area contributed by atoms with E-state index in [-0.39, 0.29) is 24.0 Å². The number of fused-ring (bicyclic) bond motifs is 1. The number of aryl methyl sites for hydroxylation is 2. The highest BCUT2D eigenvalue weighted by molar-refractivity contribution is 14.0. The average Bonchev–Trinajstić information content (AvgIpc) is 2.92. The molecule has 4 nitrogen and oxygen atoms in total. The first-order valence-corrected chi connectivity index (χ1v) is 10.3. The molecule has 0 atom stereocenters. The molecule has 2 rings (SSSR count). The molecule has 0 unspecified atom stereocenters. The van der Waals surface area contributed by atoms with Crippen molar-refractivity contribution in [3.05, 3.63) is 15.6 Å². The second-order valence-corrected chi connectivity index (χ2v) is 7.87. The monoisotopic (exact) mass is 468 g/mol. The van der Waals surface area contributed by atoms with E-state index in [1.807, 2.05) is 30.1 Å². The summed E-state index contributed by atoms with van der Waals surface area (Å²) in [6.07, 6.45) is 9.62. The minimum Gasteiger partial charge on any atom is -0.356 e. The summed E-state index contributed by atoms with van der Waals surface area (Å²) in [7, 11) is 3.95. The highest BCUT2D eigenvalue weighted by Crippen LogP contribution is 2.27. The van der Waals surface area contributed by atoms with Crippen molar-refractivity contribution < 1.29 is 0 Å². The predicted octanol–water partition coefficient (Wildman–Crippen LogP) is 3.79. The minimum absolute atomic E-state index is 0. The van der Waals surface area contributed by atoms with Crippen molar-refractivity contribution in [3.63, 3.8) is 0 Å². The lowest BCUT2D eigenvalue weighted by molar-refractivity contribution is 0.473. The number of guanidine groups is 1. The van der Waals surface area contributed by atoms with Crippen molar-refractivity contribution in [2.24, 2.45) is 4.99 Å². The molecule has 0 aliphatic heterocycles. The van der Waals surface area contributed by atoms with Crippen LogP contribution in [0.1, 0.15) is 41.3 Å². The van der Waals surface area contributed by atoms with Crippen LogP contribution >= 0.6 is 47.1 Å². The molecule has 23 heavy (non-hydrogen) atoms. The van der Waals surface area contributed by atoms with Crippen LogP contribution in [0.5, 0.6) is 0 Å². The lowest BCUT2D eigenvalue weighted by atomic mass is 10.0. The van der Waals surface area contributed by atoms with Crippen molar-refractivity contribution in [2.75, 3.05) is 32.6 Å². The standard InChI is InChI=1S/C16H28N4S2.HI/c1-17-16(18-10-6-7-11-21-3)20(2)12-15-19-13-8-4-5-9-14(13)22-15;/h4-12H2,1-3H3,(H,17,18);1H. The number of aliphatic imine (C=N–C) groups is 1. The molecule has 0 amide bonds. The molecule has 132 valence electrons. The molecule has 0 bridgehead atoms. The fourth-order valence-corrected chi connectivity index (χ4v) is 4.41.